The second-order valence-corrected chi connectivity index (χ2v) is 6.10. The number of ether oxygens (including phenoxy) is 1. The third-order valence-electron chi connectivity index (χ3n) is 4.36. The van der Waals surface area contributed by atoms with Gasteiger partial charge in [0.15, 0.2) is 0 Å². The third kappa shape index (κ3) is 2.11. The van der Waals surface area contributed by atoms with Crippen LogP contribution in [0.15, 0.2) is 12.3 Å². The first kappa shape index (κ1) is 12.8. The van der Waals surface area contributed by atoms with Gasteiger partial charge >= 0.3 is 0 Å². The van der Waals surface area contributed by atoms with Crippen LogP contribution in [-0.4, -0.2) is 20.9 Å². The number of rotatable bonds is 2. The van der Waals surface area contributed by atoms with Gasteiger partial charge in [-0.1, -0.05) is 0 Å². The lowest BCUT2D eigenvalue weighted by Crippen LogP contribution is -2.23. The molecule has 4 rings (SSSR count). The Kier molecular flexibility index (Phi) is 2.77. The van der Waals surface area contributed by atoms with E-state index in [2.05, 4.69) is 10.1 Å². The lowest BCUT2D eigenvalue weighted by molar-refractivity contribution is 0.148. The topological polar surface area (TPSA) is 39.9 Å². The maximum atomic E-state index is 14.2. The molecule has 2 aromatic heterocycles. The van der Waals surface area contributed by atoms with Crippen molar-refractivity contribution in [1.29, 1.82) is 0 Å². The Morgan fingerprint density at radius 2 is 2.14 bits per heavy atom. The maximum Gasteiger partial charge on any atom is 0.222 e. The van der Waals surface area contributed by atoms with Crippen LogP contribution in [0.2, 0.25) is 0 Å². The molecule has 3 heterocycles. The van der Waals surface area contributed by atoms with Crippen molar-refractivity contribution in [2.24, 2.45) is 0 Å². The molecule has 0 radical (unpaired) electrons. The van der Waals surface area contributed by atoms with Crippen LogP contribution in [0, 0.1) is 12.9 Å². The van der Waals surface area contributed by atoms with E-state index < -0.39 is 5.95 Å². The Bertz CT molecular complexity index is 706. The highest BCUT2D eigenvalue weighted by Gasteiger charge is 2.28. The van der Waals surface area contributed by atoms with E-state index in [0.717, 1.165) is 30.0 Å². The number of aromatic nitrogens is 3. The van der Waals surface area contributed by atoms with Gasteiger partial charge in [0.2, 0.25) is 11.8 Å². The second kappa shape index (κ2) is 4.55. The molecule has 0 aromatic carbocycles. The molecule has 0 unspecified atom stereocenters. The van der Waals surface area contributed by atoms with Crippen LogP contribution in [-0.2, 0) is 6.54 Å². The van der Waals surface area contributed by atoms with E-state index in [1.807, 2.05) is 24.6 Å². The van der Waals surface area contributed by atoms with Crippen LogP contribution in [0.1, 0.15) is 43.2 Å². The zero-order valence-corrected chi connectivity index (χ0v) is 12.3. The zero-order chi connectivity index (χ0) is 14.6. The van der Waals surface area contributed by atoms with Gasteiger partial charge in [-0.15, -0.1) is 0 Å². The van der Waals surface area contributed by atoms with Crippen molar-refractivity contribution in [3.63, 3.8) is 0 Å². The zero-order valence-electron chi connectivity index (χ0n) is 12.3. The largest absolute Gasteiger partial charge is 0.475 e. The third-order valence-corrected chi connectivity index (χ3v) is 4.36. The van der Waals surface area contributed by atoms with Crippen LogP contribution in [0.25, 0.3) is 11.3 Å². The van der Waals surface area contributed by atoms with Crippen molar-refractivity contribution in [1.82, 2.24) is 14.8 Å². The van der Waals surface area contributed by atoms with E-state index in [9.17, 15) is 4.39 Å². The Hall–Kier alpha value is -1.91. The number of nitrogens with zero attached hydrogens (tertiary/aromatic N) is 3. The van der Waals surface area contributed by atoms with Gasteiger partial charge in [0.05, 0.1) is 11.7 Å². The van der Waals surface area contributed by atoms with Gasteiger partial charge in [0.25, 0.3) is 0 Å². The van der Waals surface area contributed by atoms with E-state index >= 15 is 0 Å². The number of aryl methyl sites for hydroxylation is 1. The molecule has 2 aromatic rings. The van der Waals surface area contributed by atoms with Crippen LogP contribution in [0.3, 0.4) is 0 Å². The number of fused-ring (bicyclic) bond motifs is 1. The summed E-state index contributed by atoms with van der Waals surface area (Å²) in [4.78, 5) is 3.92. The molecule has 0 N–H and O–H groups in total. The summed E-state index contributed by atoms with van der Waals surface area (Å²) in [6.45, 7) is 4.80. The number of hydrogen-bond acceptors (Lipinski definition) is 3. The SMILES string of the molecule is Cc1c(-c2cc(C3CC3)cnc2F)nn2c1O[C@H](C)CC2. The summed E-state index contributed by atoms with van der Waals surface area (Å²) in [5.74, 6) is 0.858. The van der Waals surface area contributed by atoms with Crippen LogP contribution >= 0.6 is 0 Å². The lowest BCUT2D eigenvalue weighted by Gasteiger charge is -2.21. The van der Waals surface area contributed by atoms with E-state index in [4.69, 9.17) is 4.74 Å². The summed E-state index contributed by atoms with van der Waals surface area (Å²) in [6.07, 6.45) is 5.11. The van der Waals surface area contributed by atoms with E-state index in [1.165, 1.54) is 12.8 Å². The van der Waals surface area contributed by atoms with Gasteiger partial charge in [-0.25, -0.2) is 9.67 Å². The van der Waals surface area contributed by atoms with Crippen molar-refractivity contribution in [2.75, 3.05) is 0 Å². The molecule has 0 bridgehead atoms. The van der Waals surface area contributed by atoms with Gasteiger partial charge in [-0.05, 0) is 44.2 Å². The van der Waals surface area contributed by atoms with E-state index in [-0.39, 0.29) is 6.10 Å². The molecule has 1 aliphatic carbocycles. The molecule has 0 amide bonds. The smallest absolute Gasteiger partial charge is 0.222 e. The molecule has 1 fully saturated rings. The summed E-state index contributed by atoms with van der Waals surface area (Å²) in [5, 5.41) is 4.55. The molecule has 4 nitrogen and oxygen atoms in total. The first-order valence-electron chi connectivity index (χ1n) is 7.53. The number of halogens is 1. The Morgan fingerprint density at radius 1 is 1.33 bits per heavy atom. The Labute approximate surface area is 123 Å². The normalized spacial score (nSPS) is 21.0. The van der Waals surface area contributed by atoms with Crippen LogP contribution in [0.5, 0.6) is 5.88 Å². The average molecular weight is 287 g/mol. The minimum atomic E-state index is -0.453. The molecule has 110 valence electrons. The van der Waals surface area contributed by atoms with Crippen molar-refractivity contribution < 1.29 is 9.13 Å². The average Bonchev–Trinajstić information content (AvgIpc) is 3.26. The van der Waals surface area contributed by atoms with E-state index in [1.54, 1.807) is 6.20 Å². The standard InChI is InChI=1S/C16H18FN3O/c1-9-5-6-20-16(21-9)10(2)14(19-20)13-7-12(11-3-4-11)8-18-15(13)17/h7-9,11H,3-6H2,1-2H3/t9-/m1/s1. The predicted octanol–water partition coefficient (Wildman–Crippen LogP) is 3.44. The molecule has 2 aliphatic rings. The summed E-state index contributed by atoms with van der Waals surface area (Å²) >= 11 is 0. The quantitative estimate of drug-likeness (QED) is 0.794. The van der Waals surface area contributed by atoms with Gasteiger partial charge in [0, 0.05) is 24.7 Å². The lowest BCUT2D eigenvalue weighted by atomic mass is 10.1. The minimum absolute atomic E-state index is 0.182. The Morgan fingerprint density at radius 3 is 2.90 bits per heavy atom. The summed E-state index contributed by atoms with van der Waals surface area (Å²) in [7, 11) is 0. The molecule has 1 aliphatic heterocycles. The van der Waals surface area contributed by atoms with Gasteiger partial charge in [-0.3, -0.25) is 0 Å². The van der Waals surface area contributed by atoms with Crippen molar-refractivity contribution in [2.45, 2.75) is 51.7 Å². The molecule has 5 heteroatoms. The summed E-state index contributed by atoms with van der Waals surface area (Å²) < 4.78 is 21.9. The highest BCUT2D eigenvalue weighted by molar-refractivity contribution is 5.66. The molecular formula is C16H18FN3O. The molecule has 21 heavy (non-hydrogen) atoms. The first-order chi connectivity index (χ1) is 10.1. The molecular weight excluding hydrogens is 269 g/mol. The molecule has 0 spiro atoms. The van der Waals surface area contributed by atoms with Crippen LogP contribution in [0.4, 0.5) is 4.39 Å². The predicted molar refractivity (Wildman–Crippen MR) is 76.8 cm³/mol. The van der Waals surface area contributed by atoms with Crippen molar-refractivity contribution in [3.8, 4) is 17.1 Å². The summed E-state index contributed by atoms with van der Waals surface area (Å²) in [6, 6.07) is 1.91. The minimum Gasteiger partial charge on any atom is -0.475 e. The Balaban J connectivity index is 1.81. The van der Waals surface area contributed by atoms with Gasteiger partial charge < -0.3 is 4.74 Å². The molecule has 0 saturated heterocycles. The highest BCUT2D eigenvalue weighted by Crippen LogP contribution is 2.42. The second-order valence-electron chi connectivity index (χ2n) is 6.10. The highest BCUT2D eigenvalue weighted by atomic mass is 19.1. The molecule has 1 atom stereocenters. The fraction of sp³-hybridized carbons (Fsp3) is 0.500. The maximum absolute atomic E-state index is 14.2. The summed E-state index contributed by atoms with van der Waals surface area (Å²) in [5.41, 5.74) is 3.17. The first-order valence-corrected chi connectivity index (χ1v) is 7.53. The van der Waals surface area contributed by atoms with Crippen molar-refractivity contribution >= 4 is 0 Å². The number of hydrogen-bond donors (Lipinski definition) is 0. The fourth-order valence-electron chi connectivity index (χ4n) is 2.92. The van der Waals surface area contributed by atoms with Crippen LogP contribution < -0.4 is 4.74 Å². The van der Waals surface area contributed by atoms with E-state index in [0.29, 0.717) is 17.2 Å². The monoisotopic (exact) mass is 287 g/mol. The number of pyridine rings is 1. The molecule has 1 saturated carbocycles. The van der Waals surface area contributed by atoms with Gasteiger partial charge in [-0.2, -0.15) is 9.49 Å². The fourth-order valence-corrected chi connectivity index (χ4v) is 2.92. The van der Waals surface area contributed by atoms with Crippen molar-refractivity contribution in [3.05, 3.63) is 29.3 Å². The van der Waals surface area contributed by atoms with Gasteiger partial charge in [0.1, 0.15) is 5.69 Å².